The molecule has 0 spiro atoms. The van der Waals surface area contributed by atoms with Gasteiger partial charge in [0.25, 0.3) is 0 Å². The van der Waals surface area contributed by atoms with Gasteiger partial charge < -0.3 is 26.0 Å². The van der Waals surface area contributed by atoms with E-state index in [2.05, 4.69) is 20.3 Å². The maximum atomic E-state index is 10.3. The molecule has 1 fully saturated rings. The number of carbonyl (C=O) groups is 1. The molecule has 4 atom stereocenters. The zero-order valence-corrected chi connectivity index (χ0v) is 11.5. The third kappa shape index (κ3) is 2.36. The van der Waals surface area contributed by atoms with Crippen LogP contribution in [0.4, 0.5) is 5.82 Å². The molecular weight excluding hydrogens is 292 g/mol. The van der Waals surface area contributed by atoms with E-state index in [1.807, 2.05) is 0 Å². The zero-order chi connectivity index (χ0) is 15.7. The molecule has 5 N–H and O–H groups in total. The third-order valence-corrected chi connectivity index (χ3v) is 3.65. The maximum Gasteiger partial charge on any atom is 0.207 e. The number of amides is 1. The Morgan fingerprint density at radius 3 is 2.95 bits per heavy atom. The minimum Gasteiger partial charge on any atom is -0.388 e. The topological polar surface area (TPSA) is 148 Å². The first-order chi connectivity index (χ1) is 10.6. The predicted octanol–water partition coefficient (Wildman–Crippen LogP) is -1.84. The molecular formula is C12H16N6O4. The minimum absolute atomic E-state index is 0.225. The molecule has 1 amide bonds. The van der Waals surface area contributed by atoms with E-state index >= 15 is 0 Å². The van der Waals surface area contributed by atoms with Crippen LogP contribution in [0, 0.1) is 0 Å². The molecule has 10 heteroatoms. The van der Waals surface area contributed by atoms with Crippen LogP contribution < -0.4 is 11.1 Å². The quantitative estimate of drug-likeness (QED) is 0.372. The van der Waals surface area contributed by atoms with Gasteiger partial charge in [-0.15, -0.1) is 0 Å². The summed E-state index contributed by atoms with van der Waals surface area (Å²) in [6.07, 6.45) is 0.00120. The lowest BCUT2D eigenvalue weighted by Gasteiger charge is -2.16. The van der Waals surface area contributed by atoms with Gasteiger partial charge in [0.1, 0.15) is 24.1 Å². The van der Waals surface area contributed by atoms with Crippen molar-refractivity contribution in [1.29, 1.82) is 0 Å². The largest absolute Gasteiger partial charge is 0.388 e. The van der Waals surface area contributed by atoms with Crippen molar-refractivity contribution in [3.63, 3.8) is 0 Å². The predicted molar refractivity (Wildman–Crippen MR) is 74.3 cm³/mol. The SMILES string of the molecule is Nc1ncnc2c1ncn2[C@@H]1O[C@H](CCNC=O)[C@@H](O)[C@H]1O. The molecule has 0 radical (unpaired) electrons. The molecule has 3 heterocycles. The summed E-state index contributed by atoms with van der Waals surface area (Å²) >= 11 is 0. The molecule has 1 aliphatic heterocycles. The first-order valence-electron chi connectivity index (χ1n) is 6.75. The summed E-state index contributed by atoms with van der Waals surface area (Å²) in [5.74, 6) is 0.225. The van der Waals surface area contributed by atoms with Crippen molar-refractivity contribution >= 4 is 23.4 Å². The highest BCUT2D eigenvalue weighted by atomic mass is 16.6. The van der Waals surface area contributed by atoms with Gasteiger partial charge in [-0.05, 0) is 6.42 Å². The molecule has 0 unspecified atom stereocenters. The average molecular weight is 308 g/mol. The van der Waals surface area contributed by atoms with Gasteiger partial charge in [0.2, 0.25) is 6.41 Å². The Morgan fingerprint density at radius 2 is 2.18 bits per heavy atom. The Balaban J connectivity index is 1.84. The van der Waals surface area contributed by atoms with Gasteiger partial charge in [-0.3, -0.25) is 9.36 Å². The number of fused-ring (bicyclic) bond motifs is 1. The first kappa shape index (κ1) is 14.6. The molecule has 10 nitrogen and oxygen atoms in total. The summed E-state index contributed by atoms with van der Waals surface area (Å²) in [6.45, 7) is 0.338. The Bertz CT molecular complexity index is 677. The van der Waals surface area contributed by atoms with Crippen LogP contribution >= 0.6 is 0 Å². The number of nitrogens with zero attached hydrogens (tertiary/aromatic N) is 4. The van der Waals surface area contributed by atoms with Crippen LogP contribution in [-0.2, 0) is 9.53 Å². The molecule has 3 rings (SSSR count). The fourth-order valence-electron chi connectivity index (χ4n) is 2.54. The van der Waals surface area contributed by atoms with Crippen molar-refractivity contribution in [2.45, 2.75) is 31.0 Å². The highest BCUT2D eigenvalue weighted by Crippen LogP contribution is 2.32. The number of carbonyl (C=O) groups excluding carboxylic acids is 1. The number of aromatic nitrogens is 4. The van der Waals surface area contributed by atoms with Gasteiger partial charge in [-0.2, -0.15) is 0 Å². The maximum absolute atomic E-state index is 10.3. The number of nitrogen functional groups attached to an aromatic ring is 1. The summed E-state index contributed by atoms with van der Waals surface area (Å²) in [5, 5.41) is 22.8. The van der Waals surface area contributed by atoms with E-state index in [0.717, 1.165) is 0 Å². The molecule has 118 valence electrons. The summed E-state index contributed by atoms with van der Waals surface area (Å²) in [4.78, 5) is 22.3. The molecule has 0 bridgehead atoms. The highest BCUT2D eigenvalue weighted by Gasteiger charge is 2.43. The van der Waals surface area contributed by atoms with Crippen LogP contribution in [0.25, 0.3) is 11.2 Å². The van der Waals surface area contributed by atoms with Gasteiger partial charge in [0.05, 0.1) is 12.4 Å². The lowest BCUT2D eigenvalue weighted by Crippen LogP contribution is -2.33. The molecule has 0 saturated carbocycles. The number of ether oxygens (including phenoxy) is 1. The van der Waals surface area contributed by atoms with Gasteiger partial charge in [0, 0.05) is 6.54 Å². The number of aliphatic hydroxyl groups excluding tert-OH is 2. The summed E-state index contributed by atoms with van der Waals surface area (Å²) < 4.78 is 7.20. The van der Waals surface area contributed by atoms with Crippen molar-refractivity contribution in [1.82, 2.24) is 24.8 Å². The second-order valence-electron chi connectivity index (χ2n) is 4.99. The van der Waals surface area contributed by atoms with E-state index in [0.29, 0.717) is 30.5 Å². The normalized spacial score (nSPS) is 28.1. The lowest BCUT2D eigenvalue weighted by molar-refractivity contribution is -0.109. The van der Waals surface area contributed by atoms with Crippen LogP contribution in [0.1, 0.15) is 12.6 Å². The highest BCUT2D eigenvalue weighted by molar-refractivity contribution is 5.81. The van der Waals surface area contributed by atoms with E-state index in [1.54, 1.807) is 0 Å². The van der Waals surface area contributed by atoms with Crippen LogP contribution in [0.15, 0.2) is 12.7 Å². The Kier molecular flexibility index (Phi) is 3.88. The number of nitrogens with two attached hydrogens (primary N) is 1. The summed E-state index contributed by atoms with van der Waals surface area (Å²) in [6, 6.07) is 0. The monoisotopic (exact) mass is 308 g/mol. The van der Waals surface area contributed by atoms with Crippen LogP contribution in [0.3, 0.4) is 0 Å². The average Bonchev–Trinajstić information content (AvgIpc) is 3.05. The molecule has 1 aliphatic rings. The first-order valence-corrected chi connectivity index (χ1v) is 6.75. The lowest BCUT2D eigenvalue weighted by atomic mass is 10.1. The van der Waals surface area contributed by atoms with Gasteiger partial charge in [-0.1, -0.05) is 0 Å². The number of hydrogen-bond acceptors (Lipinski definition) is 8. The number of anilines is 1. The van der Waals surface area contributed by atoms with E-state index in [9.17, 15) is 15.0 Å². The van der Waals surface area contributed by atoms with Gasteiger partial charge in [0.15, 0.2) is 17.7 Å². The molecule has 0 aliphatic carbocycles. The molecule has 22 heavy (non-hydrogen) atoms. The smallest absolute Gasteiger partial charge is 0.207 e. The number of nitrogens with one attached hydrogen (secondary N) is 1. The molecule has 0 aromatic carbocycles. The molecule has 2 aromatic heterocycles. The van der Waals surface area contributed by atoms with E-state index in [-0.39, 0.29) is 5.82 Å². The third-order valence-electron chi connectivity index (χ3n) is 3.65. The van der Waals surface area contributed by atoms with E-state index < -0.39 is 24.5 Å². The van der Waals surface area contributed by atoms with Gasteiger partial charge in [-0.25, -0.2) is 15.0 Å². The van der Waals surface area contributed by atoms with E-state index in [1.165, 1.54) is 17.2 Å². The zero-order valence-electron chi connectivity index (χ0n) is 11.5. The standard InChI is InChI=1S/C12H16N6O4/c13-10-7-11(16-3-15-10)18(4-17-7)12-9(21)8(20)6(22-12)1-2-14-5-19/h3-6,8-9,12,20-21H,1-2H2,(H,14,19)(H2,13,15,16)/t6-,8-,9-,12-/m1/s1. The molecule has 2 aromatic rings. The van der Waals surface area contributed by atoms with Crippen molar-refractivity contribution < 1.29 is 19.7 Å². The Morgan fingerprint density at radius 1 is 1.36 bits per heavy atom. The van der Waals surface area contributed by atoms with Crippen LogP contribution in [-0.4, -0.2) is 61.0 Å². The van der Waals surface area contributed by atoms with Crippen molar-refractivity contribution in [3.05, 3.63) is 12.7 Å². The minimum atomic E-state index is -1.14. The number of imidazole rings is 1. The van der Waals surface area contributed by atoms with Crippen LogP contribution in [0.5, 0.6) is 0 Å². The second-order valence-corrected chi connectivity index (χ2v) is 4.99. The number of rotatable bonds is 5. The Hall–Kier alpha value is -2.30. The summed E-state index contributed by atoms with van der Waals surface area (Å²) in [7, 11) is 0. The van der Waals surface area contributed by atoms with Crippen molar-refractivity contribution in [2.75, 3.05) is 12.3 Å². The fourth-order valence-corrected chi connectivity index (χ4v) is 2.54. The van der Waals surface area contributed by atoms with Crippen molar-refractivity contribution in [3.8, 4) is 0 Å². The molecule has 1 saturated heterocycles. The van der Waals surface area contributed by atoms with E-state index in [4.69, 9.17) is 10.5 Å². The second kappa shape index (κ2) is 5.83. The van der Waals surface area contributed by atoms with Gasteiger partial charge >= 0.3 is 0 Å². The number of aliphatic hydroxyl groups is 2. The fraction of sp³-hybridized carbons (Fsp3) is 0.500. The van der Waals surface area contributed by atoms with Crippen molar-refractivity contribution in [2.24, 2.45) is 0 Å². The number of hydrogen-bond donors (Lipinski definition) is 4. The van der Waals surface area contributed by atoms with Crippen LogP contribution in [0.2, 0.25) is 0 Å². The Labute approximate surface area is 124 Å². The summed E-state index contributed by atoms with van der Waals surface area (Å²) in [5.41, 5.74) is 6.53.